The minimum Gasteiger partial charge on any atom is -0.383 e. The standard InChI is InChI=1S/C11H21N3O2/c1-16-8-10(12)11(15)14-6-5-13-4-2-3-9(13)7-14/h9-10H,2-8,12H2,1H3. The summed E-state index contributed by atoms with van der Waals surface area (Å²) in [6, 6.07) is 0.0606. The Hall–Kier alpha value is -0.650. The van der Waals surface area contributed by atoms with E-state index in [9.17, 15) is 4.79 Å². The number of nitrogens with zero attached hydrogens (tertiary/aromatic N) is 2. The Bertz CT molecular complexity index is 260. The van der Waals surface area contributed by atoms with Gasteiger partial charge in [-0.05, 0) is 19.4 Å². The minimum absolute atomic E-state index is 0.0356. The molecule has 5 heteroatoms. The van der Waals surface area contributed by atoms with Gasteiger partial charge in [-0.15, -0.1) is 0 Å². The van der Waals surface area contributed by atoms with Crippen LogP contribution in [0.3, 0.4) is 0 Å². The van der Waals surface area contributed by atoms with Crippen LogP contribution in [0.5, 0.6) is 0 Å². The van der Waals surface area contributed by atoms with Crippen molar-refractivity contribution in [3.63, 3.8) is 0 Å². The van der Waals surface area contributed by atoms with Gasteiger partial charge in [-0.2, -0.15) is 0 Å². The zero-order chi connectivity index (χ0) is 11.5. The maximum Gasteiger partial charge on any atom is 0.241 e. The van der Waals surface area contributed by atoms with Crippen molar-refractivity contribution < 1.29 is 9.53 Å². The fourth-order valence-electron chi connectivity index (χ4n) is 2.68. The van der Waals surface area contributed by atoms with E-state index >= 15 is 0 Å². The number of carbonyl (C=O) groups is 1. The molecule has 0 spiro atoms. The maximum atomic E-state index is 12.0. The molecule has 0 aromatic rings. The van der Waals surface area contributed by atoms with Gasteiger partial charge in [-0.3, -0.25) is 9.69 Å². The summed E-state index contributed by atoms with van der Waals surface area (Å²) in [7, 11) is 1.57. The predicted octanol–water partition coefficient (Wildman–Crippen LogP) is -0.733. The summed E-state index contributed by atoms with van der Waals surface area (Å²) in [6.07, 6.45) is 2.47. The molecule has 2 aliphatic rings. The van der Waals surface area contributed by atoms with Crippen molar-refractivity contribution in [1.82, 2.24) is 9.80 Å². The molecule has 0 radical (unpaired) electrons. The molecule has 0 bridgehead atoms. The van der Waals surface area contributed by atoms with Crippen LogP contribution in [-0.4, -0.2) is 67.7 Å². The van der Waals surface area contributed by atoms with Crippen LogP contribution in [0.15, 0.2) is 0 Å². The first kappa shape index (κ1) is 11.8. The van der Waals surface area contributed by atoms with Gasteiger partial charge in [0.05, 0.1) is 6.61 Å². The van der Waals surface area contributed by atoms with Crippen molar-refractivity contribution in [2.75, 3.05) is 39.9 Å². The van der Waals surface area contributed by atoms with E-state index in [4.69, 9.17) is 10.5 Å². The Morgan fingerprint density at radius 3 is 3.06 bits per heavy atom. The molecule has 2 rings (SSSR count). The van der Waals surface area contributed by atoms with Crippen LogP contribution in [0.2, 0.25) is 0 Å². The summed E-state index contributed by atoms with van der Waals surface area (Å²) < 4.78 is 4.92. The van der Waals surface area contributed by atoms with Gasteiger partial charge < -0.3 is 15.4 Å². The van der Waals surface area contributed by atoms with E-state index < -0.39 is 6.04 Å². The normalized spacial score (nSPS) is 27.9. The van der Waals surface area contributed by atoms with E-state index in [1.54, 1.807) is 7.11 Å². The Balaban J connectivity index is 1.88. The summed E-state index contributed by atoms with van der Waals surface area (Å²) in [5, 5.41) is 0. The van der Waals surface area contributed by atoms with E-state index in [1.165, 1.54) is 19.4 Å². The number of rotatable bonds is 3. The first-order chi connectivity index (χ1) is 7.72. The van der Waals surface area contributed by atoms with Crippen molar-refractivity contribution in [2.45, 2.75) is 24.9 Å². The average Bonchev–Trinajstić information content (AvgIpc) is 2.75. The Morgan fingerprint density at radius 2 is 2.31 bits per heavy atom. The predicted molar refractivity (Wildman–Crippen MR) is 61.0 cm³/mol. The number of hydrogen-bond acceptors (Lipinski definition) is 4. The van der Waals surface area contributed by atoms with Crippen LogP contribution in [0, 0.1) is 0 Å². The largest absolute Gasteiger partial charge is 0.383 e. The zero-order valence-electron chi connectivity index (χ0n) is 9.89. The van der Waals surface area contributed by atoms with Crippen molar-refractivity contribution >= 4 is 5.91 Å². The molecule has 0 aromatic heterocycles. The molecule has 2 saturated heterocycles. The highest BCUT2D eigenvalue weighted by molar-refractivity contribution is 5.82. The van der Waals surface area contributed by atoms with E-state index in [1.807, 2.05) is 4.90 Å². The van der Waals surface area contributed by atoms with Gasteiger partial charge in [0.25, 0.3) is 0 Å². The number of methoxy groups -OCH3 is 1. The molecule has 2 heterocycles. The lowest BCUT2D eigenvalue weighted by Crippen LogP contribution is -2.56. The highest BCUT2D eigenvalue weighted by Crippen LogP contribution is 2.21. The van der Waals surface area contributed by atoms with Gasteiger partial charge in [0.15, 0.2) is 0 Å². The van der Waals surface area contributed by atoms with Crippen molar-refractivity contribution in [3.8, 4) is 0 Å². The molecule has 0 aromatic carbocycles. The number of piperazine rings is 1. The quantitative estimate of drug-likeness (QED) is 0.690. The van der Waals surface area contributed by atoms with Crippen molar-refractivity contribution in [2.24, 2.45) is 5.73 Å². The topological polar surface area (TPSA) is 58.8 Å². The summed E-state index contributed by atoms with van der Waals surface area (Å²) in [5.41, 5.74) is 5.77. The molecule has 0 aliphatic carbocycles. The van der Waals surface area contributed by atoms with Gasteiger partial charge in [-0.25, -0.2) is 0 Å². The second kappa shape index (κ2) is 5.12. The van der Waals surface area contributed by atoms with E-state index in [0.29, 0.717) is 12.6 Å². The Morgan fingerprint density at radius 1 is 1.50 bits per heavy atom. The van der Waals surface area contributed by atoms with Crippen LogP contribution >= 0.6 is 0 Å². The van der Waals surface area contributed by atoms with Gasteiger partial charge in [0.2, 0.25) is 5.91 Å². The average molecular weight is 227 g/mol. The van der Waals surface area contributed by atoms with Gasteiger partial charge in [0, 0.05) is 32.8 Å². The molecule has 2 atom stereocenters. The molecule has 2 unspecified atom stereocenters. The SMILES string of the molecule is COCC(N)C(=O)N1CCN2CCCC2C1. The number of carbonyl (C=O) groups excluding carboxylic acids is 1. The van der Waals surface area contributed by atoms with E-state index in [0.717, 1.165) is 19.6 Å². The first-order valence-corrected chi connectivity index (χ1v) is 5.99. The lowest BCUT2D eigenvalue weighted by atomic mass is 10.1. The molecule has 2 aliphatic heterocycles. The second-order valence-electron chi connectivity index (χ2n) is 4.68. The summed E-state index contributed by atoms with van der Waals surface area (Å²) in [6.45, 7) is 4.15. The fraction of sp³-hybridized carbons (Fsp3) is 0.909. The van der Waals surface area contributed by atoms with Crippen LogP contribution in [0.25, 0.3) is 0 Å². The van der Waals surface area contributed by atoms with Crippen molar-refractivity contribution in [3.05, 3.63) is 0 Å². The molecular weight excluding hydrogens is 206 g/mol. The molecule has 16 heavy (non-hydrogen) atoms. The van der Waals surface area contributed by atoms with Crippen molar-refractivity contribution in [1.29, 1.82) is 0 Å². The van der Waals surface area contributed by atoms with Crippen LogP contribution < -0.4 is 5.73 Å². The number of nitrogens with two attached hydrogens (primary N) is 1. The van der Waals surface area contributed by atoms with Crippen LogP contribution in [0.1, 0.15) is 12.8 Å². The Kier molecular flexibility index (Phi) is 3.78. The van der Waals surface area contributed by atoms with E-state index in [-0.39, 0.29) is 5.91 Å². The highest BCUT2D eigenvalue weighted by Gasteiger charge is 2.33. The zero-order valence-corrected chi connectivity index (χ0v) is 9.89. The molecular formula is C11H21N3O2. The van der Waals surface area contributed by atoms with Crippen LogP contribution in [0.4, 0.5) is 0 Å². The molecule has 5 nitrogen and oxygen atoms in total. The summed E-state index contributed by atoms with van der Waals surface area (Å²) >= 11 is 0. The molecule has 92 valence electrons. The van der Waals surface area contributed by atoms with Crippen LogP contribution in [-0.2, 0) is 9.53 Å². The fourth-order valence-corrected chi connectivity index (χ4v) is 2.68. The third-order valence-electron chi connectivity index (χ3n) is 3.56. The first-order valence-electron chi connectivity index (χ1n) is 5.99. The number of ether oxygens (including phenoxy) is 1. The number of amides is 1. The lowest BCUT2D eigenvalue weighted by molar-refractivity contribution is -0.136. The summed E-state index contributed by atoms with van der Waals surface area (Å²) in [5.74, 6) is 0.0356. The highest BCUT2D eigenvalue weighted by atomic mass is 16.5. The van der Waals surface area contributed by atoms with Gasteiger partial charge in [0.1, 0.15) is 6.04 Å². The lowest BCUT2D eigenvalue weighted by Gasteiger charge is -2.38. The third-order valence-corrected chi connectivity index (χ3v) is 3.56. The molecule has 2 fully saturated rings. The second-order valence-corrected chi connectivity index (χ2v) is 4.68. The molecule has 2 N–H and O–H groups in total. The molecule has 0 saturated carbocycles. The van der Waals surface area contributed by atoms with E-state index in [2.05, 4.69) is 4.90 Å². The smallest absolute Gasteiger partial charge is 0.241 e. The summed E-state index contributed by atoms with van der Waals surface area (Å²) in [4.78, 5) is 16.4. The maximum absolute atomic E-state index is 12.0. The number of hydrogen-bond donors (Lipinski definition) is 1. The Labute approximate surface area is 96.5 Å². The minimum atomic E-state index is -0.502. The molecule has 1 amide bonds. The number of fused-ring (bicyclic) bond motifs is 1. The third kappa shape index (κ3) is 2.36. The van der Waals surface area contributed by atoms with Gasteiger partial charge >= 0.3 is 0 Å². The van der Waals surface area contributed by atoms with Gasteiger partial charge in [-0.1, -0.05) is 0 Å². The monoisotopic (exact) mass is 227 g/mol.